The first-order chi connectivity index (χ1) is 13.8. The van der Waals surface area contributed by atoms with E-state index < -0.39 is 18.1 Å². The number of hydrogen-bond acceptors (Lipinski definition) is 6. The maximum absolute atomic E-state index is 12.3. The van der Waals surface area contributed by atoms with Crippen LogP contribution < -0.4 is 10.8 Å². The fraction of sp³-hybridized carbons (Fsp3) is 0.150. The minimum atomic E-state index is -0.885. The van der Waals surface area contributed by atoms with Crippen LogP contribution in [0, 0.1) is 3.57 Å². The Hall–Kier alpha value is -2.92. The van der Waals surface area contributed by atoms with E-state index in [4.69, 9.17) is 9.94 Å². The maximum atomic E-state index is 12.3. The number of rotatable bonds is 7. The number of aromatic hydroxyl groups is 1. The number of halogens is 1. The number of ether oxygens (including phenoxy) is 1. The lowest BCUT2D eigenvalue weighted by Gasteiger charge is -2.19. The summed E-state index contributed by atoms with van der Waals surface area (Å²) >= 11 is 2.06. The lowest BCUT2D eigenvalue weighted by atomic mass is 10.0. The van der Waals surface area contributed by atoms with Crippen LogP contribution in [-0.2, 0) is 9.53 Å². The molecule has 0 heterocycles. The fourth-order valence-corrected chi connectivity index (χ4v) is 2.94. The van der Waals surface area contributed by atoms with Crippen LogP contribution in [-0.4, -0.2) is 28.1 Å². The highest BCUT2D eigenvalue weighted by molar-refractivity contribution is 14.1. The van der Waals surface area contributed by atoms with Gasteiger partial charge >= 0.3 is 6.09 Å². The lowest BCUT2D eigenvalue weighted by Crippen LogP contribution is -2.18. The minimum absolute atomic E-state index is 0.0611. The molecule has 152 valence electrons. The molecule has 0 aliphatic rings. The molecule has 0 unspecified atom stereocenters. The number of nitrogens with one attached hydrogen (secondary N) is 2. The summed E-state index contributed by atoms with van der Waals surface area (Å²) in [6.07, 6.45) is 0.912. The summed E-state index contributed by atoms with van der Waals surface area (Å²) in [4.78, 5) is 34.8. The van der Waals surface area contributed by atoms with Gasteiger partial charge in [0.25, 0.3) is 5.91 Å². The van der Waals surface area contributed by atoms with Gasteiger partial charge < -0.3 is 9.84 Å². The lowest BCUT2D eigenvalue weighted by molar-refractivity contribution is -0.124. The predicted molar refractivity (Wildman–Crippen MR) is 114 cm³/mol. The van der Waals surface area contributed by atoms with Crippen LogP contribution >= 0.6 is 22.6 Å². The highest BCUT2D eigenvalue weighted by Gasteiger charge is 2.20. The van der Waals surface area contributed by atoms with Crippen molar-refractivity contribution in [2.45, 2.75) is 19.4 Å². The first kappa shape index (κ1) is 22.4. The summed E-state index contributed by atoms with van der Waals surface area (Å²) in [7, 11) is 0. The summed E-state index contributed by atoms with van der Waals surface area (Å²) in [5.74, 6) is -0.883. The van der Waals surface area contributed by atoms with Crippen LogP contribution in [0.15, 0.2) is 54.6 Å². The Bertz CT molecular complexity index is 927. The number of benzene rings is 2. The maximum Gasteiger partial charge on any atom is 0.412 e. The third kappa shape index (κ3) is 6.88. The Morgan fingerprint density at radius 2 is 1.86 bits per heavy atom. The van der Waals surface area contributed by atoms with Crippen molar-refractivity contribution < 1.29 is 29.4 Å². The zero-order valence-electron chi connectivity index (χ0n) is 15.4. The number of phenolic OH excluding ortho intramolecular Hbond substituents is 1. The van der Waals surface area contributed by atoms with E-state index in [1.54, 1.807) is 36.4 Å². The highest BCUT2D eigenvalue weighted by atomic mass is 127. The topological polar surface area (TPSA) is 125 Å². The van der Waals surface area contributed by atoms with Crippen LogP contribution in [0.1, 0.15) is 35.4 Å². The van der Waals surface area contributed by atoms with Crippen LogP contribution in [0.2, 0.25) is 0 Å². The monoisotopic (exact) mass is 510 g/mol. The molecule has 2 amide bonds. The van der Waals surface area contributed by atoms with Crippen molar-refractivity contribution in [2.24, 2.45) is 0 Å². The normalized spacial score (nSPS) is 11.7. The van der Waals surface area contributed by atoms with Gasteiger partial charge in [0.15, 0.2) is 5.78 Å². The van der Waals surface area contributed by atoms with Crippen molar-refractivity contribution in [3.63, 3.8) is 0 Å². The summed E-state index contributed by atoms with van der Waals surface area (Å²) in [5.41, 5.74) is 2.78. The summed E-state index contributed by atoms with van der Waals surface area (Å²) in [6, 6.07) is 11.1. The van der Waals surface area contributed by atoms with Crippen molar-refractivity contribution in [2.75, 3.05) is 5.32 Å². The van der Waals surface area contributed by atoms with E-state index in [9.17, 15) is 19.5 Å². The van der Waals surface area contributed by atoms with Gasteiger partial charge in [-0.05, 0) is 72.0 Å². The number of phenols is 1. The van der Waals surface area contributed by atoms with Crippen molar-refractivity contribution in [3.05, 3.63) is 69.3 Å². The van der Waals surface area contributed by atoms with Gasteiger partial charge in [-0.1, -0.05) is 6.08 Å². The van der Waals surface area contributed by atoms with Crippen molar-refractivity contribution >= 4 is 46.1 Å². The quantitative estimate of drug-likeness (QED) is 0.147. The molecule has 0 bridgehead atoms. The molecule has 29 heavy (non-hydrogen) atoms. The summed E-state index contributed by atoms with van der Waals surface area (Å²) in [5, 5.41) is 21.3. The van der Waals surface area contributed by atoms with E-state index in [0.29, 0.717) is 16.8 Å². The molecule has 0 spiro atoms. The molecule has 2 aromatic carbocycles. The molecule has 0 aliphatic heterocycles. The molecule has 4 N–H and O–H groups in total. The number of anilines is 1. The zero-order chi connectivity index (χ0) is 21.4. The van der Waals surface area contributed by atoms with E-state index >= 15 is 0 Å². The van der Waals surface area contributed by atoms with Gasteiger partial charge in [-0.25, -0.2) is 10.3 Å². The van der Waals surface area contributed by atoms with E-state index in [0.717, 1.165) is 9.65 Å². The largest absolute Gasteiger partial charge is 0.508 e. The van der Waals surface area contributed by atoms with Crippen LogP contribution in [0.25, 0.3) is 0 Å². The average molecular weight is 510 g/mol. The first-order valence-electron chi connectivity index (χ1n) is 8.47. The van der Waals surface area contributed by atoms with Gasteiger partial charge in [0.05, 0.1) is 0 Å². The zero-order valence-corrected chi connectivity index (χ0v) is 17.5. The molecule has 8 nitrogen and oxygen atoms in total. The van der Waals surface area contributed by atoms with Crippen LogP contribution in [0.3, 0.4) is 0 Å². The molecule has 9 heteroatoms. The minimum Gasteiger partial charge on any atom is -0.508 e. The molecule has 0 saturated heterocycles. The standard InChI is InChI=1S/C20H19IN2O6/c1-12(24)13-5-8-15(9-6-13)22-20(27)29-18(3-2-4-19(26)23-28)16-11-14(21)7-10-17(16)25/h2,4-11,18,25,28H,3H2,1H3,(H,22,27)(H,23,26)/b4-2+/t18-/m0/s1. The van der Waals surface area contributed by atoms with Gasteiger partial charge in [-0.15, -0.1) is 0 Å². The SMILES string of the molecule is CC(=O)c1ccc(NC(=O)O[C@@H](C/C=C/C(=O)NO)c2cc(I)ccc2O)cc1. The Morgan fingerprint density at radius 1 is 1.17 bits per heavy atom. The second-order valence-electron chi connectivity index (χ2n) is 5.97. The number of ketones is 1. The molecule has 0 radical (unpaired) electrons. The molecule has 0 fully saturated rings. The smallest absolute Gasteiger partial charge is 0.412 e. The molecular formula is C20H19IN2O6. The summed E-state index contributed by atoms with van der Waals surface area (Å²) < 4.78 is 6.26. The van der Waals surface area contributed by atoms with E-state index in [2.05, 4.69) is 27.9 Å². The fourth-order valence-electron chi connectivity index (χ4n) is 2.42. The van der Waals surface area contributed by atoms with Gasteiger partial charge in [0.2, 0.25) is 0 Å². The second-order valence-corrected chi connectivity index (χ2v) is 7.22. The number of amides is 2. The van der Waals surface area contributed by atoms with Gasteiger partial charge in [0, 0.05) is 32.9 Å². The average Bonchev–Trinajstić information content (AvgIpc) is 2.69. The third-order valence-corrected chi connectivity index (χ3v) is 4.52. The Morgan fingerprint density at radius 3 is 2.48 bits per heavy atom. The molecule has 0 aromatic heterocycles. The highest BCUT2D eigenvalue weighted by Crippen LogP contribution is 2.31. The molecule has 2 rings (SSSR count). The number of carbonyl (C=O) groups is 3. The van der Waals surface area contributed by atoms with E-state index in [1.807, 2.05) is 0 Å². The van der Waals surface area contributed by atoms with Crippen molar-refractivity contribution in [1.82, 2.24) is 5.48 Å². The van der Waals surface area contributed by atoms with Crippen LogP contribution in [0.5, 0.6) is 5.75 Å². The van der Waals surface area contributed by atoms with Gasteiger partial charge in [-0.3, -0.25) is 20.1 Å². The number of Topliss-reactive ketones (excluding diaryl/α,β-unsaturated/α-hetero) is 1. The van der Waals surface area contributed by atoms with Crippen LogP contribution in [0.4, 0.5) is 10.5 Å². The molecular weight excluding hydrogens is 491 g/mol. The van der Waals surface area contributed by atoms with E-state index in [1.165, 1.54) is 24.5 Å². The molecule has 0 saturated carbocycles. The first-order valence-corrected chi connectivity index (χ1v) is 9.55. The number of carbonyl (C=O) groups excluding carboxylic acids is 3. The van der Waals surface area contributed by atoms with Crippen molar-refractivity contribution in [1.29, 1.82) is 0 Å². The third-order valence-electron chi connectivity index (χ3n) is 3.85. The molecule has 0 aliphatic carbocycles. The van der Waals surface area contributed by atoms with E-state index in [-0.39, 0.29) is 18.0 Å². The Labute approximate surface area is 180 Å². The molecule has 1 atom stereocenters. The Balaban J connectivity index is 2.16. The Kier molecular flexibility index (Phi) is 8.16. The number of hydroxylamine groups is 1. The van der Waals surface area contributed by atoms with Gasteiger partial charge in [0.1, 0.15) is 11.9 Å². The molecule has 2 aromatic rings. The van der Waals surface area contributed by atoms with Gasteiger partial charge in [-0.2, -0.15) is 0 Å². The van der Waals surface area contributed by atoms with Crippen molar-refractivity contribution in [3.8, 4) is 5.75 Å². The number of hydrogen-bond donors (Lipinski definition) is 4. The summed E-state index contributed by atoms with van der Waals surface area (Å²) in [6.45, 7) is 1.44. The predicted octanol–water partition coefficient (Wildman–Crippen LogP) is 3.94. The second kappa shape index (κ2) is 10.6.